The van der Waals surface area contributed by atoms with Crippen molar-refractivity contribution in [2.75, 3.05) is 18.4 Å². The highest BCUT2D eigenvalue weighted by molar-refractivity contribution is 7.92. The van der Waals surface area contributed by atoms with Crippen molar-refractivity contribution in [2.45, 2.75) is 44.6 Å². The minimum Gasteiger partial charge on any atom is -0.497 e. The van der Waals surface area contributed by atoms with Crippen molar-refractivity contribution in [2.24, 2.45) is 0 Å². The molecule has 29 heavy (non-hydrogen) atoms. The molecule has 0 fully saturated rings. The van der Waals surface area contributed by atoms with Crippen LogP contribution >= 0.6 is 0 Å². The number of nitrogens with one attached hydrogen (secondary N) is 2. The van der Waals surface area contributed by atoms with Gasteiger partial charge in [-0.25, -0.2) is 8.42 Å². The maximum absolute atomic E-state index is 12.6. The SMILES string of the molecule is CCC[C@@H](C)NC(=O)COc1ccc(S(=O)(=O)Nc2ccc(OC)cc2)cc1C. The average molecular weight is 421 g/mol. The summed E-state index contributed by atoms with van der Waals surface area (Å²) in [5.41, 5.74) is 1.05. The van der Waals surface area contributed by atoms with Crippen LogP contribution in [0, 0.1) is 6.92 Å². The molecule has 158 valence electrons. The Morgan fingerprint density at radius 3 is 2.41 bits per heavy atom. The Morgan fingerprint density at radius 2 is 1.83 bits per heavy atom. The number of carbonyl (C=O) groups is 1. The molecule has 1 amide bonds. The van der Waals surface area contributed by atoms with Crippen LogP contribution in [0.1, 0.15) is 32.3 Å². The highest BCUT2D eigenvalue weighted by Gasteiger charge is 2.16. The van der Waals surface area contributed by atoms with E-state index in [4.69, 9.17) is 9.47 Å². The van der Waals surface area contributed by atoms with Gasteiger partial charge in [-0.2, -0.15) is 0 Å². The third kappa shape index (κ3) is 6.67. The lowest BCUT2D eigenvalue weighted by molar-refractivity contribution is -0.123. The molecule has 2 rings (SSSR count). The quantitative estimate of drug-likeness (QED) is 0.614. The largest absolute Gasteiger partial charge is 0.497 e. The fourth-order valence-corrected chi connectivity index (χ4v) is 3.93. The Balaban J connectivity index is 2.02. The first kappa shape index (κ1) is 22.5. The van der Waals surface area contributed by atoms with Crippen LogP contribution in [-0.4, -0.2) is 34.1 Å². The van der Waals surface area contributed by atoms with Gasteiger partial charge in [-0.05, 0) is 68.3 Å². The van der Waals surface area contributed by atoms with Gasteiger partial charge in [0.15, 0.2) is 6.61 Å². The fraction of sp³-hybridized carbons (Fsp3) is 0.381. The highest BCUT2D eigenvalue weighted by atomic mass is 32.2. The van der Waals surface area contributed by atoms with Crippen molar-refractivity contribution < 1.29 is 22.7 Å². The van der Waals surface area contributed by atoms with Crippen LogP contribution in [-0.2, 0) is 14.8 Å². The summed E-state index contributed by atoms with van der Waals surface area (Å²) in [5, 5.41) is 2.86. The van der Waals surface area contributed by atoms with Crippen LogP contribution in [0.2, 0.25) is 0 Å². The summed E-state index contributed by atoms with van der Waals surface area (Å²) in [6.07, 6.45) is 1.89. The Bertz CT molecular complexity index is 927. The normalized spacial score (nSPS) is 12.1. The molecule has 0 heterocycles. The predicted octanol–water partition coefficient (Wildman–Crippen LogP) is 3.49. The molecule has 0 unspecified atom stereocenters. The van der Waals surface area contributed by atoms with Gasteiger partial charge in [-0.1, -0.05) is 13.3 Å². The number of hydrogen-bond acceptors (Lipinski definition) is 5. The lowest BCUT2D eigenvalue weighted by atomic mass is 10.2. The zero-order chi connectivity index (χ0) is 21.4. The molecule has 2 N–H and O–H groups in total. The molecule has 0 aliphatic carbocycles. The number of sulfonamides is 1. The van der Waals surface area contributed by atoms with E-state index in [1.807, 2.05) is 6.92 Å². The van der Waals surface area contributed by atoms with E-state index in [1.165, 1.54) is 12.1 Å². The number of carbonyl (C=O) groups excluding carboxylic acids is 1. The number of ether oxygens (including phenoxy) is 2. The van der Waals surface area contributed by atoms with E-state index in [1.54, 1.807) is 44.4 Å². The van der Waals surface area contributed by atoms with Crippen molar-refractivity contribution in [3.05, 3.63) is 48.0 Å². The monoisotopic (exact) mass is 420 g/mol. The second-order valence-electron chi connectivity index (χ2n) is 6.81. The van der Waals surface area contributed by atoms with E-state index in [2.05, 4.69) is 17.0 Å². The van der Waals surface area contributed by atoms with E-state index in [9.17, 15) is 13.2 Å². The van der Waals surface area contributed by atoms with Gasteiger partial charge in [-0.3, -0.25) is 9.52 Å². The van der Waals surface area contributed by atoms with Crippen molar-refractivity contribution in [1.82, 2.24) is 5.32 Å². The van der Waals surface area contributed by atoms with E-state index >= 15 is 0 Å². The first-order valence-corrected chi connectivity index (χ1v) is 10.9. The van der Waals surface area contributed by atoms with Crippen LogP contribution in [0.25, 0.3) is 0 Å². The summed E-state index contributed by atoms with van der Waals surface area (Å²) in [4.78, 5) is 12.0. The van der Waals surface area contributed by atoms with Gasteiger partial charge in [0.05, 0.1) is 12.0 Å². The Hall–Kier alpha value is -2.74. The molecule has 2 aromatic rings. The zero-order valence-corrected chi connectivity index (χ0v) is 18.0. The van der Waals surface area contributed by atoms with Gasteiger partial charge >= 0.3 is 0 Å². The molecule has 0 saturated heterocycles. The molecule has 0 spiro atoms. The molecule has 0 radical (unpaired) electrons. The minimum absolute atomic E-state index is 0.0914. The van der Waals surface area contributed by atoms with Gasteiger partial charge < -0.3 is 14.8 Å². The maximum atomic E-state index is 12.6. The maximum Gasteiger partial charge on any atom is 0.261 e. The van der Waals surface area contributed by atoms with Crippen LogP contribution < -0.4 is 19.5 Å². The average Bonchev–Trinajstić information content (AvgIpc) is 2.67. The Labute approximate surface area is 172 Å². The zero-order valence-electron chi connectivity index (χ0n) is 17.2. The van der Waals surface area contributed by atoms with E-state index in [0.717, 1.165) is 12.8 Å². The fourth-order valence-electron chi connectivity index (χ4n) is 2.79. The molecule has 2 aromatic carbocycles. The summed E-state index contributed by atoms with van der Waals surface area (Å²) in [5.74, 6) is 0.897. The van der Waals surface area contributed by atoms with Gasteiger partial charge in [0.25, 0.3) is 15.9 Å². The van der Waals surface area contributed by atoms with Gasteiger partial charge in [0, 0.05) is 11.7 Å². The first-order valence-electron chi connectivity index (χ1n) is 9.45. The number of anilines is 1. The first-order chi connectivity index (χ1) is 13.7. The Kier molecular flexibility index (Phi) is 7.90. The number of amides is 1. The standard InChI is InChI=1S/C21H28N2O5S/c1-5-6-16(3)22-21(24)14-28-20-12-11-19(13-15(20)2)29(25,26)23-17-7-9-18(27-4)10-8-17/h7-13,16,23H,5-6,14H2,1-4H3,(H,22,24)/t16-/m1/s1. The second-order valence-corrected chi connectivity index (χ2v) is 8.49. The van der Waals surface area contributed by atoms with Gasteiger partial charge in [0.2, 0.25) is 0 Å². The van der Waals surface area contributed by atoms with E-state index < -0.39 is 10.0 Å². The number of hydrogen-bond donors (Lipinski definition) is 2. The van der Waals surface area contributed by atoms with Crippen LogP contribution in [0.4, 0.5) is 5.69 Å². The summed E-state index contributed by atoms with van der Waals surface area (Å²) >= 11 is 0. The van der Waals surface area contributed by atoms with Crippen LogP contribution in [0.3, 0.4) is 0 Å². The lowest BCUT2D eigenvalue weighted by Gasteiger charge is -2.15. The molecule has 0 saturated carbocycles. The van der Waals surface area contributed by atoms with Crippen molar-refractivity contribution >= 4 is 21.6 Å². The summed E-state index contributed by atoms with van der Waals surface area (Å²) in [6.45, 7) is 5.62. The number of benzene rings is 2. The third-order valence-corrected chi connectivity index (χ3v) is 5.67. The third-order valence-electron chi connectivity index (χ3n) is 4.29. The molecule has 0 aliphatic rings. The van der Waals surface area contributed by atoms with Gasteiger partial charge in [-0.15, -0.1) is 0 Å². The predicted molar refractivity (Wildman–Crippen MR) is 113 cm³/mol. The lowest BCUT2D eigenvalue weighted by Crippen LogP contribution is -2.36. The molecular formula is C21H28N2O5S. The smallest absolute Gasteiger partial charge is 0.261 e. The van der Waals surface area contributed by atoms with Crippen LogP contribution in [0.15, 0.2) is 47.4 Å². The van der Waals surface area contributed by atoms with Crippen molar-refractivity contribution in [3.8, 4) is 11.5 Å². The molecule has 0 aliphatic heterocycles. The molecule has 8 heteroatoms. The number of aryl methyl sites for hydroxylation is 1. The molecular weight excluding hydrogens is 392 g/mol. The van der Waals surface area contributed by atoms with E-state index in [0.29, 0.717) is 22.7 Å². The summed E-state index contributed by atoms with van der Waals surface area (Å²) < 4.78 is 38.4. The minimum atomic E-state index is -3.75. The molecule has 1 atom stereocenters. The van der Waals surface area contributed by atoms with E-state index in [-0.39, 0.29) is 23.5 Å². The van der Waals surface area contributed by atoms with Crippen molar-refractivity contribution in [3.63, 3.8) is 0 Å². The number of rotatable bonds is 10. The van der Waals surface area contributed by atoms with Crippen LogP contribution in [0.5, 0.6) is 11.5 Å². The summed E-state index contributed by atoms with van der Waals surface area (Å²) in [7, 11) is -2.21. The van der Waals surface area contributed by atoms with Crippen molar-refractivity contribution in [1.29, 1.82) is 0 Å². The molecule has 0 bridgehead atoms. The highest BCUT2D eigenvalue weighted by Crippen LogP contribution is 2.24. The molecule has 0 aromatic heterocycles. The number of methoxy groups -OCH3 is 1. The molecule has 7 nitrogen and oxygen atoms in total. The summed E-state index contributed by atoms with van der Waals surface area (Å²) in [6, 6.07) is 11.2. The second kappa shape index (κ2) is 10.2. The topological polar surface area (TPSA) is 93.7 Å². The Morgan fingerprint density at radius 1 is 1.14 bits per heavy atom. The van der Waals surface area contributed by atoms with Gasteiger partial charge in [0.1, 0.15) is 11.5 Å².